The molecule has 3 heterocycles. The molecule has 0 saturated heterocycles. The summed E-state index contributed by atoms with van der Waals surface area (Å²) in [6, 6.07) is 54.3. The number of halogens is 1. The van der Waals surface area contributed by atoms with Gasteiger partial charge in [0.2, 0.25) is 0 Å². The number of benzene rings is 6. The van der Waals surface area contributed by atoms with Crippen LogP contribution in [0.2, 0.25) is 0 Å². The zero-order chi connectivity index (χ0) is 41.1. The van der Waals surface area contributed by atoms with E-state index in [1.807, 2.05) is 42.6 Å². The molecule has 9 rings (SSSR count). The maximum absolute atomic E-state index is 15.6. The smallest absolute Gasteiger partial charge is 0.136 e. The van der Waals surface area contributed by atoms with Crippen LogP contribution in [0.5, 0.6) is 5.75 Å². The molecule has 6 heteroatoms. The molecule has 0 aliphatic rings. The fraction of sp³-hybridized carbons (Fsp3) is 0.148. The van der Waals surface area contributed by atoms with Crippen molar-refractivity contribution < 1.29 is 30.6 Å². The van der Waals surface area contributed by atoms with Crippen LogP contribution in [0.15, 0.2) is 158 Å². The fourth-order valence-corrected chi connectivity index (χ4v) is 8.00. The van der Waals surface area contributed by atoms with Crippen LogP contribution < -0.4 is 0 Å². The molecule has 0 fully saturated rings. The van der Waals surface area contributed by atoms with Gasteiger partial charge in [-0.2, -0.15) is 0 Å². The minimum atomic E-state index is -0.542. The molecule has 1 N–H and O–H groups in total. The monoisotopic (exact) mass is 965 g/mol. The molecule has 0 atom stereocenters. The second kappa shape index (κ2) is 15.8. The van der Waals surface area contributed by atoms with Gasteiger partial charge in [0.15, 0.2) is 0 Å². The van der Waals surface area contributed by atoms with Crippen molar-refractivity contribution in [2.75, 3.05) is 0 Å². The largest absolute Gasteiger partial charge is 0.507 e. The van der Waals surface area contributed by atoms with E-state index in [4.69, 9.17) is 9.97 Å². The molecular formula is C54H45FN3OPt-. The summed E-state index contributed by atoms with van der Waals surface area (Å²) >= 11 is 0. The Morgan fingerprint density at radius 2 is 1.17 bits per heavy atom. The number of para-hydroxylation sites is 3. The molecule has 4 nitrogen and oxygen atoms in total. The molecule has 0 saturated carbocycles. The predicted octanol–water partition coefficient (Wildman–Crippen LogP) is 14.1. The van der Waals surface area contributed by atoms with Crippen molar-refractivity contribution in [3.63, 3.8) is 0 Å². The summed E-state index contributed by atoms with van der Waals surface area (Å²) in [4.78, 5) is 9.85. The summed E-state index contributed by atoms with van der Waals surface area (Å²) in [6.45, 7) is 13.3. The van der Waals surface area contributed by atoms with E-state index in [0.29, 0.717) is 11.4 Å². The summed E-state index contributed by atoms with van der Waals surface area (Å²) in [5.74, 6) is -0.709. The van der Waals surface area contributed by atoms with Crippen molar-refractivity contribution in [2.45, 2.75) is 52.4 Å². The number of rotatable bonds is 6. The van der Waals surface area contributed by atoms with Gasteiger partial charge in [0.05, 0.1) is 22.3 Å². The van der Waals surface area contributed by atoms with Crippen molar-refractivity contribution in [3.8, 4) is 67.5 Å². The van der Waals surface area contributed by atoms with Crippen molar-refractivity contribution in [2.24, 2.45) is 0 Å². The van der Waals surface area contributed by atoms with E-state index in [-0.39, 0.29) is 43.2 Å². The van der Waals surface area contributed by atoms with E-state index >= 15 is 4.39 Å². The van der Waals surface area contributed by atoms with Crippen LogP contribution >= 0.6 is 0 Å². The Kier molecular flexibility index (Phi) is 10.7. The van der Waals surface area contributed by atoms with Crippen molar-refractivity contribution in [1.29, 1.82) is 0 Å². The minimum absolute atomic E-state index is 0. The number of hydrogen-bond acceptors (Lipinski definition) is 3. The van der Waals surface area contributed by atoms with Gasteiger partial charge in [-0.1, -0.05) is 144 Å². The number of aromatic nitrogens is 3. The van der Waals surface area contributed by atoms with Crippen LogP contribution in [0.4, 0.5) is 4.39 Å². The SMILES string of the molecule is CC(C)(C)c1cc(-c2cc(-c3[c-]c(-c4cc(-c5cccc6c7ccccc7n(-c7ccccc7)c56)ccn4)ccc3)nc(-c3c(O)cccc3F)c2)cc(C(C)(C)C)c1.[Pt]. The van der Waals surface area contributed by atoms with Gasteiger partial charge in [-0.25, -0.2) is 4.39 Å². The second-order valence-electron chi connectivity index (χ2n) is 17.4. The molecule has 0 amide bonds. The predicted molar refractivity (Wildman–Crippen MR) is 241 cm³/mol. The van der Waals surface area contributed by atoms with Gasteiger partial charge < -0.3 is 9.67 Å². The Morgan fingerprint density at radius 3 is 1.88 bits per heavy atom. The molecular weight excluding hydrogens is 921 g/mol. The van der Waals surface area contributed by atoms with Gasteiger partial charge in [0, 0.05) is 60.7 Å². The molecule has 0 aliphatic carbocycles. The Bertz CT molecular complexity index is 2990. The maximum atomic E-state index is 15.6. The molecule has 0 bridgehead atoms. The van der Waals surface area contributed by atoms with E-state index in [2.05, 4.69) is 149 Å². The van der Waals surface area contributed by atoms with E-state index in [1.165, 1.54) is 40.1 Å². The number of phenols is 1. The fourth-order valence-electron chi connectivity index (χ4n) is 8.00. The van der Waals surface area contributed by atoms with Crippen LogP contribution in [-0.2, 0) is 31.9 Å². The molecule has 300 valence electrons. The number of phenolic OH excluding ortho intramolecular Hbond substituents is 1. The Hall–Kier alpha value is -6.16. The van der Waals surface area contributed by atoms with Gasteiger partial charge in [-0.05, 0) is 81.1 Å². The first kappa shape index (κ1) is 40.6. The van der Waals surface area contributed by atoms with Crippen LogP contribution in [0.1, 0.15) is 52.7 Å². The maximum Gasteiger partial charge on any atom is 0.136 e. The molecule has 0 unspecified atom stereocenters. The summed E-state index contributed by atoms with van der Waals surface area (Å²) in [6.07, 6.45) is 1.85. The number of pyridine rings is 2. The van der Waals surface area contributed by atoms with Gasteiger partial charge in [0.1, 0.15) is 11.6 Å². The molecule has 0 spiro atoms. The minimum Gasteiger partial charge on any atom is -0.507 e. The van der Waals surface area contributed by atoms with Crippen molar-refractivity contribution in [1.82, 2.24) is 14.5 Å². The normalized spacial score (nSPS) is 11.8. The molecule has 0 aliphatic heterocycles. The van der Waals surface area contributed by atoms with E-state index in [9.17, 15) is 5.11 Å². The van der Waals surface area contributed by atoms with Gasteiger partial charge in [-0.15, -0.1) is 24.3 Å². The Labute approximate surface area is 365 Å². The van der Waals surface area contributed by atoms with E-state index in [1.54, 1.807) is 0 Å². The molecule has 3 aromatic heterocycles. The first-order chi connectivity index (χ1) is 28.3. The Balaban J connectivity index is 0.00000499. The van der Waals surface area contributed by atoms with Gasteiger partial charge in [-0.3, -0.25) is 9.97 Å². The average Bonchev–Trinajstić information content (AvgIpc) is 3.58. The van der Waals surface area contributed by atoms with Crippen LogP contribution in [-0.4, -0.2) is 19.6 Å². The first-order valence-electron chi connectivity index (χ1n) is 20.1. The van der Waals surface area contributed by atoms with E-state index < -0.39 is 5.82 Å². The van der Waals surface area contributed by atoms with Crippen LogP contribution in [0, 0.1) is 11.9 Å². The molecule has 0 radical (unpaired) electrons. The van der Waals surface area contributed by atoms with Crippen LogP contribution in [0.25, 0.3) is 83.5 Å². The summed E-state index contributed by atoms with van der Waals surface area (Å²) in [5, 5.41) is 13.3. The second-order valence-corrected chi connectivity index (χ2v) is 17.4. The molecule has 60 heavy (non-hydrogen) atoms. The van der Waals surface area contributed by atoms with Crippen molar-refractivity contribution in [3.05, 3.63) is 181 Å². The number of aromatic hydroxyl groups is 1. The zero-order valence-corrected chi connectivity index (χ0v) is 36.8. The van der Waals surface area contributed by atoms with E-state index in [0.717, 1.165) is 55.8 Å². The summed E-state index contributed by atoms with van der Waals surface area (Å²) < 4.78 is 17.9. The topological polar surface area (TPSA) is 50.9 Å². The van der Waals surface area contributed by atoms with Gasteiger partial charge in [0.25, 0.3) is 0 Å². The number of nitrogens with zero attached hydrogens (tertiary/aromatic N) is 3. The standard InChI is InChI=1S/C54H45FN3O.Pt/c1-53(2,3)39-28-37(29-40(33-39)54(4,5)6)38-31-47(57-48(32-38)51-45(55)22-14-24-50(51)59)36-16-12-15-35(27-36)46-30-34(25-26-56-46)42-20-13-21-44-43-19-10-11-23-49(43)58(52(42)44)41-17-8-7-9-18-41;/h7-26,28-33,59H,1-6H3;/q-1;. The number of fused-ring (bicyclic) bond motifs is 3. The molecule has 6 aromatic carbocycles. The number of hydrogen-bond donors (Lipinski definition) is 1. The van der Waals surface area contributed by atoms with Crippen LogP contribution in [0.3, 0.4) is 0 Å². The first-order valence-corrected chi connectivity index (χ1v) is 20.1. The average molecular weight is 966 g/mol. The third-order valence-electron chi connectivity index (χ3n) is 11.2. The quantitative estimate of drug-likeness (QED) is 0.169. The Morgan fingerprint density at radius 1 is 0.567 bits per heavy atom. The third kappa shape index (κ3) is 7.59. The van der Waals surface area contributed by atoms with Gasteiger partial charge >= 0.3 is 0 Å². The third-order valence-corrected chi connectivity index (χ3v) is 11.2. The summed E-state index contributed by atoms with van der Waals surface area (Å²) in [5.41, 5.74) is 12.8. The van der Waals surface area contributed by atoms with Crippen molar-refractivity contribution >= 4 is 21.8 Å². The molecule has 9 aromatic rings. The zero-order valence-electron chi connectivity index (χ0n) is 34.5. The summed E-state index contributed by atoms with van der Waals surface area (Å²) in [7, 11) is 0.